The van der Waals surface area contributed by atoms with E-state index in [1.54, 1.807) is 21.9 Å². The number of alkyl halides is 1. The molecule has 0 atom stereocenters. The minimum absolute atomic E-state index is 0.0134. The van der Waals surface area contributed by atoms with E-state index in [1.165, 1.54) is 12.1 Å². The van der Waals surface area contributed by atoms with Crippen molar-refractivity contribution < 1.29 is 14.0 Å². The molecule has 1 fully saturated rings. The van der Waals surface area contributed by atoms with Crippen molar-refractivity contribution in [3.8, 4) is 0 Å². The summed E-state index contributed by atoms with van der Waals surface area (Å²) in [6.07, 6.45) is 1.41. The van der Waals surface area contributed by atoms with E-state index in [2.05, 4.69) is 0 Å². The summed E-state index contributed by atoms with van der Waals surface area (Å²) < 4.78 is 12.8. The first kappa shape index (κ1) is 16.7. The first-order valence-corrected chi connectivity index (χ1v) is 7.99. The SMILES string of the molecule is O=C(CCCCl)N1CCN(C(=O)Cc2ccc(F)cc2)CC1. The van der Waals surface area contributed by atoms with Crippen LogP contribution in [0.4, 0.5) is 4.39 Å². The minimum atomic E-state index is -0.305. The van der Waals surface area contributed by atoms with Crippen molar-refractivity contribution in [1.29, 1.82) is 0 Å². The Morgan fingerprint density at radius 3 is 2.09 bits per heavy atom. The molecule has 1 saturated heterocycles. The van der Waals surface area contributed by atoms with Gasteiger partial charge in [-0.1, -0.05) is 12.1 Å². The number of amides is 2. The summed E-state index contributed by atoms with van der Waals surface area (Å²) in [5.41, 5.74) is 0.798. The van der Waals surface area contributed by atoms with Crippen molar-refractivity contribution in [2.45, 2.75) is 19.3 Å². The van der Waals surface area contributed by atoms with Gasteiger partial charge in [-0.3, -0.25) is 9.59 Å². The van der Waals surface area contributed by atoms with Gasteiger partial charge in [-0.2, -0.15) is 0 Å². The van der Waals surface area contributed by atoms with Gasteiger partial charge >= 0.3 is 0 Å². The van der Waals surface area contributed by atoms with Crippen LogP contribution in [0.3, 0.4) is 0 Å². The van der Waals surface area contributed by atoms with E-state index in [-0.39, 0.29) is 24.1 Å². The minimum Gasteiger partial charge on any atom is -0.339 e. The molecular weight excluding hydrogens is 307 g/mol. The van der Waals surface area contributed by atoms with Crippen LogP contribution in [0.15, 0.2) is 24.3 Å². The van der Waals surface area contributed by atoms with Crippen molar-refractivity contribution in [2.75, 3.05) is 32.1 Å². The quantitative estimate of drug-likeness (QED) is 0.777. The summed E-state index contributed by atoms with van der Waals surface area (Å²) in [5, 5.41) is 0. The fraction of sp³-hybridized carbons (Fsp3) is 0.500. The largest absolute Gasteiger partial charge is 0.339 e. The van der Waals surface area contributed by atoms with Gasteiger partial charge in [-0.15, -0.1) is 11.6 Å². The Hall–Kier alpha value is -1.62. The van der Waals surface area contributed by atoms with Gasteiger partial charge < -0.3 is 9.80 Å². The normalized spacial score (nSPS) is 15.0. The zero-order valence-corrected chi connectivity index (χ0v) is 13.2. The highest BCUT2D eigenvalue weighted by Crippen LogP contribution is 2.09. The van der Waals surface area contributed by atoms with Crippen LogP contribution in [-0.4, -0.2) is 53.7 Å². The topological polar surface area (TPSA) is 40.6 Å². The highest BCUT2D eigenvalue weighted by Gasteiger charge is 2.23. The lowest BCUT2D eigenvalue weighted by Crippen LogP contribution is -2.51. The Balaban J connectivity index is 1.79. The highest BCUT2D eigenvalue weighted by atomic mass is 35.5. The highest BCUT2D eigenvalue weighted by molar-refractivity contribution is 6.17. The molecule has 1 aliphatic heterocycles. The standard InChI is InChI=1S/C16H20ClFN2O2/c17-7-1-2-15(21)19-8-10-20(11-9-19)16(22)12-13-3-5-14(18)6-4-13/h3-6H,1-2,7-12H2. The number of hydrogen-bond donors (Lipinski definition) is 0. The number of carbonyl (C=O) groups excluding carboxylic acids is 2. The summed E-state index contributed by atoms with van der Waals surface area (Å²) >= 11 is 5.59. The first-order chi connectivity index (χ1) is 10.6. The lowest BCUT2D eigenvalue weighted by molar-refractivity contribution is -0.139. The third-order valence-corrected chi connectivity index (χ3v) is 4.05. The van der Waals surface area contributed by atoms with E-state index in [4.69, 9.17) is 11.6 Å². The molecule has 0 saturated carbocycles. The summed E-state index contributed by atoms with van der Waals surface area (Å²) in [6, 6.07) is 5.96. The van der Waals surface area contributed by atoms with Crippen LogP contribution in [0, 0.1) is 5.82 Å². The van der Waals surface area contributed by atoms with Crippen molar-refractivity contribution in [1.82, 2.24) is 9.80 Å². The second kappa shape index (κ2) is 8.13. The molecule has 0 aromatic heterocycles. The molecule has 1 aromatic carbocycles. The van der Waals surface area contributed by atoms with Crippen LogP contribution in [0.2, 0.25) is 0 Å². The zero-order valence-electron chi connectivity index (χ0n) is 12.4. The molecule has 1 aromatic rings. The number of piperazine rings is 1. The molecule has 2 amide bonds. The molecular formula is C16H20ClFN2O2. The van der Waals surface area contributed by atoms with Gasteiger partial charge in [0.1, 0.15) is 5.82 Å². The van der Waals surface area contributed by atoms with Gasteiger partial charge in [0, 0.05) is 38.5 Å². The number of benzene rings is 1. The van der Waals surface area contributed by atoms with Gasteiger partial charge in [-0.05, 0) is 24.1 Å². The monoisotopic (exact) mass is 326 g/mol. The van der Waals surface area contributed by atoms with Crippen molar-refractivity contribution in [3.63, 3.8) is 0 Å². The third kappa shape index (κ3) is 4.70. The van der Waals surface area contributed by atoms with E-state index in [0.29, 0.717) is 44.9 Å². The summed E-state index contributed by atoms with van der Waals surface area (Å²) in [4.78, 5) is 27.6. The first-order valence-electron chi connectivity index (χ1n) is 7.46. The molecule has 1 aliphatic rings. The predicted octanol–water partition coefficient (Wildman–Crippen LogP) is 2.06. The maximum atomic E-state index is 12.8. The summed E-state index contributed by atoms with van der Waals surface area (Å²) in [7, 11) is 0. The predicted molar refractivity (Wildman–Crippen MR) is 83.2 cm³/mol. The average Bonchev–Trinajstić information content (AvgIpc) is 2.55. The molecule has 2 rings (SSSR count). The van der Waals surface area contributed by atoms with E-state index in [9.17, 15) is 14.0 Å². The molecule has 22 heavy (non-hydrogen) atoms. The number of halogens is 2. The molecule has 0 unspecified atom stereocenters. The number of carbonyl (C=O) groups is 2. The zero-order chi connectivity index (χ0) is 15.9. The van der Waals surface area contributed by atoms with E-state index >= 15 is 0 Å². The Morgan fingerprint density at radius 2 is 1.55 bits per heavy atom. The van der Waals surface area contributed by atoms with Crippen LogP contribution >= 0.6 is 11.6 Å². The second-order valence-electron chi connectivity index (χ2n) is 5.36. The lowest BCUT2D eigenvalue weighted by Gasteiger charge is -2.35. The van der Waals surface area contributed by atoms with Crippen LogP contribution < -0.4 is 0 Å². The number of hydrogen-bond acceptors (Lipinski definition) is 2. The Kier molecular flexibility index (Phi) is 6.19. The number of rotatable bonds is 5. The van der Waals surface area contributed by atoms with Crippen LogP contribution in [-0.2, 0) is 16.0 Å². The summed E-state index contributed by atoms with van der Waals surface area (Å²) in [6.45, 7) is 2.23. The second-order valence-corrected chi connectivity index (χ2v) is 5.74. The van der Waals surface area contributed by atoms with Crippen LogP contribution in [0.1, 0.15) is 18.4 Å². The van der Waals surface area contributed by atoms with Gasteiger partial charge in [0.2, 0.25) is 11.8 Å². The van der Waals surface area contributed by atoms with Gasteiger partial charge in [0.25, 0.3) is 0 Å². The Bertz CT molecular complexity index is 513. The Morgan fingerprint density at radius 1 is 1.00 bits per heavy atom. The maximum absolute atomic E-state index is 12.8. The number of nitrogens with zero attached hydrogens (tertiary/aromatic N) is 2. The van der Waals surface area contributed by atoms with Gasteiger partial charge in [0.15, 0.2) is 0 Å². The molecule has 120 valence electrons. The third-order valence-electron chi connectivity index (χ3n) is 3.78. The van der Waals surface area contributed by atoms with Gasteiger partial charge in [0.05, 0.1) is 6.42 Å². The fourth-order valence-corrected chi connectivity index (χ4v) is 2.60. The lowest BCUT2D eigenvalue weighted by atomic mass is 10.1. The average molecular weight is 327 g/mol. The molecule has 1 heterocycles. The van der Waals surface area contributed by atoms with E-state index in [1.807, 2.05) is 0 Å². The molecule has 0 radical (unpaired) electrons. The van der Waals surface area contributed by atoms with E-state index < -0.39 is 0 Å². The van der Waals surface area contributed by atoms with Crippen molar-refractivity contribution in [2.24, 2.45) is 0 Å². The van der Waals surface area contributed by atoms with Crippen molar-refractivity contribution >= 4 is 23.4 Å². The van der Waals surface area contributed by atoms with Crippen molar-refractivity contribution in [3.05, 3.63) is 35.6 Å². The maximum Gasteiger partial charge on any atom is 0.227 e. The Labute approximate surface area is 134 Å². The molecule has 6 heteroatoms. The molecule has 4 nitrogen and oxygen atoms in total. The summed E-state index contributed by atoms with van der Waals surface area (Å²) in [5.74, 6) is 0.299. The molecule has 0 aliphatic carbocycles. The van der Waals surface area contributed by atoms with Crippen LogP contribution in [0.25, 0.3) is 0 Å². The molecule has 0 N–H and O–H groups in total. The van der Waals surface area contributed by atoms with E-state index in [0.717, 1.165) is 5.56 Å². The molecule has 0 spiro atoms. The smallest absolute Gasteiger partial charge is 0.227 e. The van der Waals surface area contributed by atoms with Gasteiger partial charge in [-0.25, -0.2) is 4.39 Å². The van der Waals surface area contributed by atoms with Crippen LogP contribution in [0.5, 0.6) is 0 Å². The molecule has 0 bridgehead atoms. The fourth-order valence-electron chi connectivity index (χ4n) is 2.47.